The molecule has 0 amide bonds. The fraction of sp³-hybridized carbons (Fsp3) is 0.647. The predicted molar refractivity (Wildman–Crippen MR) is 89.9 cm³/mol. The van der Waals surface area contributed by atoms with Crippen molar-refractivity contribution in [2.75, 3.05) is 19.8 Å². The molecule has 0 aliphatic carbocycles. The van der Waals surface area contributed by atoms with E-state index in [1.54, 1.807) is 0 Å². The van der Waals surface area contributed by atoms with Crippen molar-refractivity contribution in [3.05, 3.63) is 27.7 Å². The van der Waals surface area contributed by atoms with Crippen LogP contribution in [0.2, 0.25) is 0 Å². The van der Waals surface area contributed by atoms with Crippen molar-refractivity contribution in [1.29, 1.82) is 0 Å². The standard InChI is InChI=1S/C17H26BrNO2/c1-3-16(19)10-14-9-15(18)8-12(2)17(14)21-11-13-4-6-20-7-5-13/h8-9,13,16H,3-7,10-11,19H2,1-2H3. The number of hydrogen-bond acceptors (Lipinski definition) is 3. The van der Waals surface area contributed by atoms with Gasteiger partial charge < -0.3 is 15.2 Å². The molecule has 4 heteroatoms. The average molecular weight is 356 g/mol. The van der Waals surface area contributed by atoms with Crippen LogP contribution in [0.1, 0.15) is 37.3 Å². The first kappa shape index (κ1) is 16.8. The molecule has 1 saturated heterocycles. The van der Waals surface area contributed by atoms with E-state index in [2.05, 4.69) is 41.9 Å². The zero-order chi connectivity index (χ0) is 15.2. The van der Waals surface area contributed by atoms with Crippen LogP contribution in [-0.2, 0) is 11.2 Å². The molecule has 1 atom stereocenters. The van der Waals surface area contributed by atoms with Gasteiger partial charge in [0.1, 0.15) is 5.75 Å². The molecule has 1 aromatic rings. The number of hydrogen-bond donors (Lipinski definition) is 1. The maximum Gasteiger partial charge on any atom is 0.125 e. The Morgan fingerprint density at radius 2 is 2.10 bits per heavy atom. The van der Waals surface area contributed by atoms with Gasteiger partial charge in [0.25, 0.3) is 0 Å². The second-order valence-electron chi connectivity index (χ2n) is 5.95. The van der Waals surface area contributed by atoms with Crippen LogP contribution in [0.25, 0.3) is 0 Å². The Morgan fingerprint density at radius 1 is 1.38 bits per heavy atom. The number of halogens is 1. The number of benzene rings is 1. The molecule has 0 spiro atoms. The molecule has 21 heavy (non-hydrogen) atoms. The molecule has 1 aliphatic rings. The van der Waals surface area contributed by atoms with E-state index in [9.17, 15) is 0 Å². The van der Waals surface area contributed by atoms with E-state index >= 15 is 0 Å². The fourth-order valence-corrected chi connectivity index (χ4v) is 3.32. The summed E-state index contributed by atoms with van der Waals surface area (Å²) >= 11 is 3.57. The summed E-state index contributed by atoms with van der Waals surface area (Å²) in [7, 11) is 0. The predicted octanol–water partition coefficient (Wildman–Crippen LogP) is 3.84. The van der Waals surface area contributed by atoms with Crippen LogP contribution >= 0.6 is 15.9 Å². The number of nitrogens with two attached hydrogens (primary N) is 1. The third-order valence-corrected chi connectivity index (χ3v) is 4.58. The molecule has 2 rings (SSSR count). The lowest BCUT2D eigenvalue weighted by Crippen LogP contribution is -2.24. The van der Waals surface area contributed by atoms with Crippen LogP contribution < -0.4 is 10.5 Å². The first-order valence-corrected chi connectivity index (χ1v) is 8.64. The van der Waals surface area contributed by atoms with Gasteiger partial charge in [0.2, 0.25) is 0 Å². The van der Waals surface area contributed by atoms with Crippen LogP contribution in [0, 0.1) is 12.8 Å². The van der Waals surface area contributed by atoms with Gasteiger partial charge in [0, 0.05) is 23.7 Å². The lowest BCUT2D eigenvalue weighted by Gasteiger charge is -2.24. The zero-order valence-corrected chi connectivity index (χ0v) is 14.6. The van der Waals surface area contributed by atoms with Gasteiger partial charge in [-0.3, -0.25) is 0 Å². The summed E-state index contributed by atoms with van der Waals surface area (Å²) in [4.78, 5) is 0. The fourth-order valence-electron chi connectivity index (χ4n) is 2.70. The molecule has 3 nitrogen and oxygen atoms in total. The van der Waals surface area contributed by atoms with Gasteiger partial charge in [-0.15, -0.1) is 0 Å². The van der Waals surface area contributed by atoms with Gasteiger partial charge in [-0.2, -0.15) is 0 Å². The number of ether oxygens (including phenoxy) is 2. The second-order valence-corrected chi connectivity index (χ2v) is 6.87. The monoisotopic (exact) mass is 355 g/mol. The summed E-state index contributed by atoms with van der Waals surface area (Å²) < 4.78 is 12.7. The molecule has 0 saturated carbocycles. The van der Waals surface area contributed by atoms with Crippen molar-refractivity contribution in [3.8, 4) is 5.75 Å². The van der Waals surface area contributed by atoms with Crippen molar-refractivity contribution < 1.29 is 9.47 Å². The number of rotatable bonds is 6. The Bertz CT molecular complexity index is 458. The zero-order valence-electron chi connectivity index (χ0n) is 13.0. The molecule has 0 aromatic heterocycles. The highest BCUT2D eigenvalue weighted by atomic mass is 79.9. The highest BCUT2D eigenvalue weighted by molar-refractivity contribution is 9.10. The van der Waals surface area contributed by atoms with Crippen LogP contribution in [0.5, 0.6) is 5.75 Å². The van der Waals surface area contributed by atoms with Gasteiger partial charge in [-0.05, 0) is 61.8 Å². The Morgan fingerprint density at radius 3 is 2.76 bits per heavy atom. The number of aryl methyl sites for hydroxylation is 1. The summed E-state index contributed by atoms with van der Waals surface area (Å²) in [5.74, 6) is 1.63. The molecule has 0 radical (unpaired) electrons. The van der Waals surface area contributed by atoms with Gasteiger partial charge in [0.15, 0.2) is 0 Å². The third-order valence-electron chi connectivity index (χ3n) is 4.13. The largest absolute Gasteiger partial charge is 0.493 e. The summed E-state index contributed by atoms with van der Waals surface area (Å²) in [6, 6.07) is 4.44. The Labute approximate surface area is 136 Å². The molecule has 118 valence electrons. The molecule has 1 unspecified atom stereocenters. The van der Waals surface area contributed by atoms with Gasteiger partial charge in [-0.25, -0.2) is 0 Å². The Balaban J connectivity index is 2.08. The van der Waals surface area contributed by atoms with Crippen molar-refractivity contribution in [1.82, 2.24) is 0 Å². The quantitative estimate of drug-likeness (QED) is 0.842. The average Bonchev–Trinajstić information content (AvgIpc) is 2.47. The van der Waals surface area contributed by atoms with E-state index < -0.39 is 0 Å². The lowest BCUT2D eigenvalue weighted by molar-refractivity contribution is 0.0495. The van der Waals surface area contributed by atoms with Gasteiger partial charge >= 0.3 is 0 Å². The minimum Gasteiger partial charge on any atom is -0.493 e. The van der Waals surface area contributed by atoms with E-state index in [0.29, 0.717) is 5.92 Å². The molecular formula is C17H26BrNO2. The highest BCUT2D eigenvalue weighted by Crippen LogP contribution is 2.30. The smallest absolute Gasteiger partial charge is 0.125 e. The van der Waals surface area contributed by atoms with Crippen LogP contribution in [-0.4, -0.2) is 25.9 Å². The van der Waals surface area contributed by atoms with Crippen molar-refractivity contribution in [2.24, 2.45) is 11.7 Å². The first-order valence-electron chi connectivity index (χ1n) is 7.85. The van der Waals surface area contributed by atoms with Gasteiger partial charge in [0.05, 0.1) is 6.61 Å². The minimum atomic E-state index is 0.184. The second kappa shape index (κ2) is 8.16. The van der Waals surface area contributed by atoms with Crippen LogP contribution in [0.3, 0.4) is 0 Å². The minimum absolute atomic E-state index is 0.184. The SMILES string of the molecule is CCC(N)Cc1cc(Br)cc(C)c1OCC1CCOCC1. The molecular weight excluding hydrogens is 330 g/mol. The summed E-state index contributed by atoms with van der Waals surface area (Å²) in [5, 5.41) is 0. The summed E-state index contributed by atoms with van der Waals surface area (Å²) in [5.41, 5.74) is 8.51. The maximum atomic E-state index is 6.18. The molecule has 0 bridgehead atoms. The Hall–Kier alpha value is -0.580. The highest BCUT2D eigenvalue weighted by Gasteiger charge is 2.17. The van der Waals surface area contributed by atoms with Crippen molar-refractivity contribution in [2.45, 2.75) is 45.6 Å². The molecule has 1 fully saturated rings. The summed E-state index contributed by atoms with van der Waals surface area (Å²) in [6.45, 7) is 6.73. The Kier molecular flexibility index (Phi) is 6.52. The van der Waals surface area contributed by atoms with Crippen LogP contribution in [0.15, 0.2) is 16.6 Å². The molecule has 1 heterocycles. The normalized spacial score (nSPS) is 17.7. The molecule has 2 N–H and O–H groups in total. The maximum absolute atomic E-state index is 6.18. The molecule has 1 aliphatic heterocycles. The summed E-state index contributed by atoms with van der Waals surface area (Å²) in [6.07, 6.45) is 4.03. The molecule has 1 aromatic carbocycles. The van der Waals surface area contributed by atoms with Crippen LogP contribution in [0.4, 0.5) is 0 Å². The van der Waals surface area contributed by atoms with E-state index in [-0.39, 0.29) is 6.04 Å². The van der Waals surface area contributed by atoms with Crippen molar-refractivity contribution in [3.63, 3.8) is 0 Å². The van der Waals surface area contributed by atoms with E-state index in [4.69, 9.17) is 15.2 Å². The first-order chi connectivity index (χ1) is 10.1. The van der Waals surface area contributed by atoms with E-state index in [0.717, 1.165) is 55.7 Å². The van der Waals surface area contributed by atoms with Crippen molar-refractivity contribution >= 4 is 15.9 Å². The topological polar surface area (TPSA) is 44.5 Å². The van der Waals surface area contributed by atoms with Gasteiger partial charge in [-0.1, -0.05) is 22.9 Å². The van der Waals surface area contributed by atoms with E-state index in [1.807, 2.05) is 0 Å². The third kappa shape index (κ3) is 4.97. The lowest BCUT2D eigenvalue weighted by atomic mass is 10.00. The van der Waals surface area contributed by atoms with E-state index in [1.165, 1.54) is 11.1 Å².